The molecule has 0 spiro atoms. The molecule has 4 heteroatoms. The molecular formula is C17H20FNO2. The minimum Gasteiger partial charge on any atom is -0.454 e. The normalized spacial score (nSPS) is 10.6. The van der Waals surface area contributed by atoms with Crippen molar-refractivity contribution < 1.29 is 14.2 Å². The summed E-state index contributed by atoms with van der Waals surface area (Å²) in [4.78, 5) is 0. The molecule has 2 aromatic rings. The molecule has 0 aliphatic heterocycles. The predicted octanol–water partition coefficient (Wildman–Crippen LogP) is 3.61. The fourth-order valence-corrected chi connectivity index (χ4v) is 2.03. The van der Waals surface area contributed by atoms with Gasteiger partial charge in [0.05, 0.1) is 6.61 Å². The van der Waals surface area contributed by atoms with Gasteiger partial charge in [-0.2, -0.15) is 0 Å². The van der Waals surface area contributed by atoms with E-state index >= 15 is 0 Å². The van der Waals surface area contributed by atoms with E-state index in [0.717, 1.165) is 24.1 Å². The van der Waals surface area contributed by atoms with Crippen molar-refractivity contribution in [3.8, 4) is 11.5 Å². The third-order valence-electron chi connectivity index (χ3n) is 3.09. The van der Waals surface area contributed by atoms with Crippen molar-refractivity contribution in [3.05, 3.63) is 59.4 Å². The quantitative estimate of drug-likeness (QED) is 0.765. The highest BCUT2D eigenvalue weighted by Crippen LogP contribution is 2.29. The monoisotopic (exact) mass is 289 g/mol. The molecule has 0 heterocycles. The summed E-state index contributed by atoms with van der Waals surface area (Å²) in [7, 11) is 0. The number of para-hydroxylation sites is 1. The highest BCUT2D eigenvalue weighted by atomic mass is 19.1. The standard InChI is InChI=1S/C17H20FNO2/c1-2-9-19-11-14-6-4-8-16(18)17(14)21-15-7-3-5-13(10-15)12-20/h3-8,10,19-20H,2,9,11-12H2,1H3. The van der Waals surface area contributed by atoms with E-state index in [1.54, 1.807) is 30.3 Å². The van der Waals surface area contributed by atoms with Crippen LogP contribution in [0.15, 0.2) is 42.5 Å². The number of nitrogens with one attached hydrogen (secondary N) is 1. The Bertz CT molecular complexity index is 587. The summed E-state index contributed by atoms with van der Waals surface area (Å²) in [6, 6.07) is 11.9. The van der Waals surface area contributed by atoms with Crippen LogP contribution in [0.2, 0.25) is 0 Å². The van der Waals surface area contributed by atoms with Gasteiger partial charge in [-0.1, -0.05) is 31.2 Å². The van der Waals surface area contributed by atoms with Crippen LogP contribution >= 0.6 is 0 Å². The van der Waals surface area contributed by atoms with Crippen LogP contribution < -0.4 is 10.1 Å². The summed E-state index contributed by atoms with van der Waals surface area (Å²) in [5.41, 5.74) is 1.51. The van der Waals surface area contributed by atoms with Crippen molar-refractivity contribution in [2.75, 3.05) is 6.54 Å². The van der Waals surface area contributed by atoms with Gasteiger partial charge in [0.15, 0.2) is 11.6 Å². The first-order valence-corrected chi connectivity index (χ1v) is 7.10. The molecule has 21 heavy (non-hydrogen) atoms. The van der Waals surface area contributed by atoms with E-state index in [1.165, 1.54) is 6.07 Å². The van der Waals surface area contributed by atoms with E-state index < -0.39 is 0 Å². The first-order chi connectivity index (χ1) is 10.2. The third kappa shape index (κ3) is 4.28. The molecule has 0 saturated carbocycles. The molecule has 0 saturated heterocycles. The average molecular weight is 289 g/mol. The maximum absolute atomic E-state index is 14.0. The van der Waals surface area contributed by atoms with Crippen LogP contribution in [0.4, 0.5) is 4.39 Å². The summed E-state index contributed by atoms with van der Waals surface area (Å²) in [6.07, 6.45) is 1.02. The summed E-state index contributed by atoms with van der Waals surface area (Å²) in [5.74, 6) is 0.361. The van der Waals surface area contributed by atoms with Gasteiger partial charge < -0.3 is 15.2 Å². The zero-order valence-electron chi connectivity index (χ0n) is 12.1. The van der Waals surface area contributed by atoms with Crippen molar-refractivity contribution in [2.45, 2.75) is 26.5 Å². The molecule has 2 aromatic carbocycles. The maximum Gasteiger partial charge on any atom is 0.167 e. The Labute approximate surface area is 124 Å². The second kappa shape index (κ2) is 7.76. The number of ether oxygens (including phenoxy) is 1. The van der Waals surface area contributed by atoms with Crippen LogP contribution in [0.1, 0.15) is 24.5 Å². The van der Waals surface area contributed by atoms with E-state index in [0.29, 0.717) is 12.3 Å². The van der Waals surface area contributed by atoms with E-state index in [4.69, 9.17) is 9.84 Å². The molecular weight excluding hydrogens is 269 g/mol. The lowest BCUT2D eigenvalue weighted by Gasteiger charge is -2.13. The molecule has 0 bridgehead atoms. The number of aliphatic hydroxyl groups is 1. The number of hydrogen-bond acceptors (Lipinski definition) is 3. The van der Waals surface area contributed by atoms with Gasteiger partial charge in [-0.05, 0) is 36.7 Å². The van der Waals surface area contributed by atoms with Crippen molar-refractivity contribution in [1.29, 1.82) is 0 Å². The van der Waals surface area contributed by atoms with Gasteiger partial charge >= 0.3 is 0 Å². The van der Waals surface area contributed by atoms with Crippen LogP contribution in [0.3, 0.4) is 0 Å². The molecule has 0 radical (unpaired) electrons. The SMILES string of the molecule is CCCNCc1cccc(F)c1Oc1cccc(CO)c1. The van der Waals surface area contributed by atoms with E-state index in [9.17, 15) is 4.39 Å². The summed E-state index contributed by atoms with van der Waals surface area (Å²) in [5, 5.41) is 12.4. The van der Waals surface area contributed by atoms with Crippen molar-refractivity contribution in [3.63, 3.8) is 0 Å². The molecule has 0 unspecified atom stereocenters. The number of hydrogen-bond donors (Lipinski definition) is 2. The van der Waals surface area contributed by atoms with Crippen LogP contribution in [0.25, 0.3) is 0 Å². The third-order valence-corrected chi connectivity index (χ3v) is 3.09. The zero-order chi connectivity index (χ0) is 15.1. The minimum atomic E-state index is -0.389. The summed E-state index contributed by atoms with van der Waals surface area (Å²) < 4.78 is 19.7. The number of aliphatic hydroxyl groups excluding tert-OH is 1. The molecule has 0 amide bonds. The van der Waals surface area contributed by atoms with Crippen molar-refractivity contribution >= 4 is 0 Å². The lowest BCUT2D eigenvalue weighted by atomic mass is 10.2. The topological polar surface area (TPSA) is 41.5 Å². The number of rotatable bonds is 7. The number of halogens is 1. The Hall–Kier alpha value is -1.91. The van der Waals surface area contributed by atoms with Crippen LogP contribution in [0.5, 0.6) is 11.5 Å². The molecule has 112 valence electrons. The molecule has 0 aliphatic rings. The van der Waals surface area contributed by atoms with Gasteiger partial charge in [-0.15, -0.1) is 0 Å². The van der Waals surface area contributed by atoms with Gasteiger partial charge in [0, 0.05) is 12.1 Å². The van der Waals surface area contributed by atoms with E-state index in [2.05, 4.69) is 12.2 Å². The summed E-state index contributed by atoms with van der Waals surface area (Å²) >= 11 is 0. The van der Waals surface area contributed by atoms with Gasteiger partial charge in [0.1, 0.15) is 5.75 Å². The first-order valence-electron chi connectivity index (χ1n) is 7.10. The Morgan fingerprint density at radius 1 is 1.19 bits per heavy atom. The largest absolute Gasteiger partial charge is 0.454 e. The molecule has 0 aliphatic carbocycles. The van der Waals surface area contributed by atoms with Gasteiger partial charge in [-0.3, -0.25) is 0 Å². The Balaban J connectivity index is 2.21. The van der Waals surface area contributed by atoms with Crippen LogP contribution in [-0.2, 0) is 13.2 Å². The zero-order valence-corrected chi connectivity index (χ0v) is 12.1. The second-order valence-electron chi connectivity index (χ2n) is 4.81. The fourth-order valence-electron chi connectivity index (χ4n) is 2.03. The average Bonchev–Trinajstić information content (AvgIpc) is 2.51. The highest BCUT2D eigenvalue weighted by molar-refractivity contribution is 5.40. The van der Waals surface area contributed by atoms with E-state index in [1.807, 2.05) is 6.07 Å². The molecule has 0 aromatic heterocycles. The van der Waals surface area contributed by atoms with Gasteiger partial charge in [0.25, 0.3) is 0 Å². The maximum atomic E-state index is 14.0. The van der Waals surface area contributed by atoms with Crippen molar-refractivity contribution in [2.24, 2.45) is 0 Å². The van der Waals surface area contributed by atoms with Gasteiger partial charge in [0.2, 0.25) is 0 Å². The second-order valence-corrected chi connectivity index (χ2v) is 4.81. The lowest BCUT2D eigenvalue weighted by molar-refractivity contribution is 0.281. The fraction of sp³-hybridized carbons (Fsp3) is 0.294. The summed E-state index contributed by atoms with van der Waals surface area (Å²) in [6.45, 7) is 3.44. The molecule has 0 fully saturated rings. The molecule has 3 nitrogen and oxygen atoms in total. The molecule has 0 atom stereocenters. The van der Waals surface area contributed by atoms with Gasteiger partial charge in [-0.25, -0.2) is 4.39 Å². The highest BCUT2D eigenvalue weighted by Gasteiger charge is 2.11. The lowest BCUT2D eigenvalue weighted by Crippen LogP contribution is -2.14. The smallest absolute Gasteiger partial charge is 0.167 e. The first kappa shape index (κ1) is 15.5. The predicted molar refractivity (Wildman–Crippen MR) is 80.8 cm³/mol. The Morgan fingerprint density at radius 2 is 2.00 bits per heavy atom. The number of benzene rings is 2. The van der Waals surface area contributed by atoms with E-state index in [-0.39, 0.29) is 18.2 Å². The minimum absolute atomic E-state index is 0.0701. The molecule has 2 N–H and O–H groups in total. The van der Waals surface area contributed by atoms with Crippen molar-refractivity contribution in [1.82, 2.24) is 5.32 Å². The van der Waals surface area contributed by atoms with Crippen LogP contribution in [-0.4, -0.2) is 11.7 Å². The Kier molecular flexibility index (Phi) is 5.72. The Morgan fingerprint density at radius 3 is 2.76 bits per heavy atom. The van der Waals surface area contributed by atoms with Crippen LogP contribution in [0, 0.1) is 5.82 Å². The molecule has 2 rings (SSSR count).